The van der Waals surface area contributed by atoms with Gasteiger partial charge in [0.25, 0.3) is 5.91 Å². The van der Waals surface area contributed by atoms with Crippen molar-refractivity contribution in [2.45, 2.75) is 6.54 Å². The lowest BCUT2D eigenvalue weighted by atomic mass is 10.2. The van der Waals surface area contributed by atoms with E-state index in [-0.39, 0.29) is 11.5 Å². The number of amides is 1. The molecule has 0 spiro atoms. The van der Waals surface area contributed by atoms with Crippen LogP contribution in [-0.4, -0.2) is 28.1 Å². The molecule has 0 atom stereocenters. The van der Waals surface area contributed by atoms with E-state index >= 15 is 0 Å². The first-order chi connectivity index (χ1) is 8.58. The molecule has 0 radical (unpaired) electrons. The molecule has 1 aromatic heterocycles. The first-order valence-corrected chi connectivity index (χ1v) is 6.05. The number of carbonyl (C=O) groups excluding carboxylic acids is 1. The number of aromatic nitrogens is 2. The van der Waals surface area contributed by atoms with E-state index in [9.17, 15) is 9.18 Å². The molecule has 0 aliphatic heterocycles. The van der Waals surface area contributed by atoms with Crippen LogP contribution in [0.25, 0.3) is 0 Å². The number of carbonyl (C=O) groups is 1. The summed E-state index contributed by atoms with van der Waals surface area (Å²) in [5, 5.41) is 6.46. The maximum Gasteiger partial charge on any atom is 0.256 e. The second kappa shape index (κ2) is 5.30. The summed E-state index contributed by atoms with van der Waals surface area (Å²) in [6.45, 7) is 0.376. The number of hydrogen-bond acceptors (Lipinski definition) is 2. The van der Waals surface area contributed by atoms with Crippen LogP contribution in [-0.2, 0) is 6.54 Å². The number of nitrogens with zero attached hydrogens (tertiary/aromatic N) is 2. The first kappa shape index (κ1) is 12.8. The molecule has 0 saturated carbocycles. The summed E-state index contributed by atoms with van der Waals surface area (Å²) in [7, 11) is 1.62. The molecule has 0 unspecified atom stereocenters. The maximum absolute atomic E-state index is 13.6. The number of nitrogens with one attached hydrogen (secondary N) is 1. The highest BCUT2D eigenvalue weighted by atomic mass is 79.9. The highest BCUT2D eigenvalue weighted by molar-refractivity contribution is 9.10. The third-order valence-electron chi connectivity index (χ3n) is 2.48. The lowest BCUT2D eigenvalue weighted by Crippen LogP contribution is -2.26. The Kier molecular flexibility index (Phi) is 3.76. The Morgan fingerprint density at radius 3 is 3.00 bits per heavy atom. The van der Waals surface area contributed by atoms with Gasteiger partial charge in [-0.15, -0.1) is 0 Å². The van der Waals surface area contributed by atoms with Gasteiger partial charge in [-0.05, 0) is 18.2 Å². The topological polar surface area (TPSA) is 49.0 Å². The molecule has 18 heavy (non-hydrogen) atoms. The van der Waals surface area contributed by atoms with Crippen molar-refractivity contribution in [1.29, 1.82) is 0 Å². The predicted octanol–water partition coefficient (Wildman–Crippen LogP) is 2.58. The number of aromatic amines is 1. The van der Waals surface area contributed by atoms with E-state index in [2.05, 4.69) is 26.1 Å². The minimum Gasteiger partial charge on any atom is -0.337 e. The quantitative estimate of drug-likeness (QED) is 0.947. The second-order valence-corrected chi connectivity index (χ2v) is 4.81. The van der Waals surface area contributed by atoms with E-state index in [1.54, 1.807) is 25.5 Å². The molecule has 1 amide bonds. The third-order valence-corrected chi connectivity index (χ3v) is 2.97. The highest BCUT2D eigenvalue weighted by Crippen LogP contribution is 2.17. The number of H-pyrrole nitrogens is 1. The number of benzene rings is 1. The minimum absolute atomic E-state index is 0.0513. The van der Waals surface area contributed by atoms with Crippen LogP contribution in [0.15, 0.2) is 35.1 Å². The van der Waals surface area contributed by atoms with Gasteiger partial charge in [-0.25, -0.2) is 4.39 Å². The number of hydrogen-bond donors (Lipinski definition) is 1. The summed E-state index contributed by atoms with van der Waals surface area (Å²) < 4.78 is 14.2. The van der Waals surface area contributed by atoms with Crippen molar-refractivity contribution < 1.29 is 9.18 Å². The molecule has 2 aromatic rings. The van der Waals surface area contributed by atoms with E-state index in [4.69, 9.17) is 0 Å². The highest BCUT2D eigenvalue weighted by Gasteiger charge is 2.16. The molecule has 1 N–H and O–H groups in total. The van der Waals surface area contributed by atoms with Gasteiger partial charge >= 0.3 is 0 Å². The Hall–Kier alpha value is -1.69. The summed E-state index contributed by atoms with van der Waals surface area (Å²) >= 11 is 3.22. The molecule has 2 rings (SSSR count). The minimum atomic E-state index is -0.526. The van der Waals surface area contributed by atoms with Crippen LogP contribution < -0.4 is 0 Å². The average Bonchev–Trinajstić information content (AvgIpc) is 2.84. The van der Waals surface area contributed by atoms with Gasteiger partial charge in [-0.3, -0.25) is 9.89 Å². The van der Waals surface area contributed by atoms with Crippen molar-refractivity contribution in [3.8, 4) is 0 Å². The van der Waals surface area contributed by atoms with Crippen LogP contribution in [0.2, 0.25) is 0 Å². The summed E-state index contributed by atoms with van der Waals surface area (Å²) in [6.07, 6.45) is 3.32. The molecule has 0 bridgehead atoms. The Morgan fingerprint density at radius 2 is 2.33 bits per heavy atom. The Bertz CT molecular complexity index is 556. The Balaban J connectivity index is 2.17. The molecule has 0 aliphatic carbocycles. The zero-order valence-corrected chi connectivity index (χ0v) is 11.2. The van der Waals surface area contributed by atoms with Gasteiger partial charge in [-0.2, -0.15) is 5.10 Å². The predicted molar refractivity (Wildman–Crippen MR) is 68.5 cm³/mol. The Morgan fingerprint density at radius 1 is 1.56 bits per heavy atom. The molecular weight excluding hydrogens is 301 g/mol. The van der Waals surface area contributed by atoms with Crippen molar-refractivity contribution in [3.05, 3.63) is 52.0 Å². The molecule has 0 aliphatic rings. The van der Waals surface area contributed by atoms with Crippen LogP contribution in [0, 0.1) is 5.82 Å². The van der Waals surface area contributed by atoms with Crippen LogP contribution >= 0.6 is 15.9 Å². The fraction of sp³-hybridized carbons (Fsp3) is 0.167. The van der Waals surface area contributed by atoms with E-state index in [1.165, 1.54) is 17.0 Å². The molecule has 0 saturated heterocycles. The average molecular weight is 312 g/mol. The normalized spacial score (nSPS) is 10.4. The van der Waals surface area contributed by atoms with Gasteiger partial charge in [0.05, 0.1) is 11.8 Å². The van der Waals surface area contributed by atoms with Crippen LogP contribution in [0.3, 0.4) is 0 Å². The third kappa shape index (κ3) is 2.76. The van der Waals surface area contributed by atoms with E-state index in [0.29, 0.717) is 11.0 Å². The first-order valence-electron chi connectivity index (χ1n) is 5.26. The number of halogens is 2. The largest absolute Gasteiger partial charge is 0.337 e. The van der Waals surface area contributed by atoms with Gasteiger partial charge in [0.2, 0.25) is 0 Å². The SMILES string of the molecule is CN(Cc1cn[nH]c1)C(=O)c1cc(Br)ccc1F. The second-order valence-electron chi connectivity index (χ2n) is 3.89. The molecular formula is C12H11BrFN3O. The van der Waals surface area contributed by atoms with Crippen molar-refractivity contribution in [1.82, 2.24) is 15.1 Å². The summed E-state index contributed by atoms with van der Waals surface area (Å²) in [6, 6.07) is 4.30. The summed E-state index contributed by atoms with van der Waals surface area (Å²) in [5.41, 5.74) is 0.914. The van der Waals surface area contributed by atoms with Gasteiger partial charge in [0.15, 0.2) is 0 Å². The zero-order chi connectivity index (χ0) is 13.1. The molecule has 1 aromatic carbocycles. The lowest BCUT2D eigenvalue weighted by molar-refractivity contribution is 0.0780. The zero-order valence-electron chi connectivity index (χ0n) is 9.65. The monoisotopic (exact) mass is 311 g/mol. The van der Waals surface area contributed by atoms with Gasteiger partial charge in [0.1, 0.15) is 5.82 Å². The molecule has 1 heterocycles. The van der Waals surface area contributed by atoms with Crippen LogP contribution in [0.5, 0.6) is 0 Å². The van der Waals surface area contributed by atoms with Crippen molar-refractivity contribution in [2.75, 3.05) is 7.05 Å². The van der Waals surface area contributed by atoms with E-state index in [1.807, 2.05) is 0 Å². The lowest BCUT2D eigenvalue weighted by Gasteiger charge is -2.16. The fourth-order valence-electron chi connectivity index (χ4n) is 1.58. The smallest absolute Gasteiger partial charge is 0.256 e. The fourth-order valence-corrected chi connectivity index (χ4v) is 1.94. The van der Waals surface area contributed by atoms with Crippen molar-refractivity contribution in [2.24, 2.45) is 0 Å². The maximum atomic E-state index is 13.6. The van der Waals surface area contributed by atoms with Crippen molar-refractivity contribution in [3.63, 3.8) is 0 Å². The molecule has 4 nitrogen and oxygen atoms in total. The van der Waals surface area contributed by atoms with Crippen LogP contribution in [0.1, 0.15) is 15.9 Å². The van der Waals surface area contributed by atoms with Gasteiger partial charge in [0, 0.05) is 29.8 Å². The molecule has 0 fully saturated rings. The van der Waals surface area contributed by atoms with E-state index in [0.717, 1.165) is 5.56 Å². The van der Waals surface area contributed by atoms with Crippen molar-refractivity contribution >= 4 is 21.8 Å². The standard InChI is InChI=1S/C12H11BrFN3O/c1-17(7-8-5-15-16-6-8)12(18)10-4-9(13)2-3-11(10)14/h2-6H,7H2,1H3,(H,15,16). The summed E-state index contributed by atoms with van der Waals surface area (Å²) in [4.78, 5) is 13.5. The number of rotatable bonds is 3. The molecule has 94 valence electrons. The van der Waals surface area contributed by atoms with Gasteiger partial charge in [-0.1, -0.05) is 15.9 Å². The Labute approximate surface area is 112 Å². The van der Waals surface area contributed by atoms with E-state index < -0.39 is 5.82 Å². The summed E-state index contributed by atoms with van der Waals surface area (Å²) in [5.74, 6) is -0.891. The molecule has 6 heteroatoms. The van der Waals surface area contributed by atoms with Crippen LogP contribution in [0.4, 0.5) is 4.39 Å². The van der Waals surface area contributed by atoms with Gasteiger partial charge < -0.3 is 4.90 Å².